The molecule has 0 atom stereocenters. The first-order chi connectivity index (χ1) is 7.82. The van der Waals surface area contributed by atoms with E-state index in [-0.39, 0.29) is 22.6 Å². The van der Waals surface area contributed by atoms with E-state index < -0.39 is 0 Å². The van der Waals surface area contributed by atoms with Gasteiger partial charge in [0.05, 0.1) is 10.0 Å². The summed E-state index contributed by atoms with van der Waals surface area (Å²) < 4.78 is 0. The van der Waals surface area contributed by atoms with Gasteiger partial charge in [0.25, 0.3) is 0 Å². The van der Waals surface area contributed by atoms with Crippen molar-refractivity contribution in [3.63, 3.8) is 0 Å². The summed E-state index contributed by atoms with van der Waals surface area (Å²) in [6, 6.07) is 1.52. The Bertz CT molecular complexity index is 506. The van der Waals surface area contributed by atoms with E-state index in [1.165, 1.54) is 6.07 Å². The van der Waals surface area contributed by atoms with E-state index >= 15 is 0 Å². The average Bonchev–Trinajstić information content (AvgIpc) is 2.20. The van der Waals surface area contributed by atoms with Gasteiger partial charge >= 0.3 is 0 Å². The van der Waals surface area contributed by atoms with E-state index in [1.54, 1.807) is 6.92 Å². The predicted octanol–water partition coefficient (Wildman–Crippen LogP) is 2.17. The third kappa shape index (κ3) is 3.39. The summed E-state index contributed by atoms with van der Waals surface area (Å²) in [6.07, 6.45) is 0. The summed E-state index contributed by atoms with van der Waals surface area (Å²) in [7, 11) is 0. The number of aliphatic imine (C=N–C) groups is 2. The molecule has 0 amide bonds. The fourth-order valence-electron chi connectivity index (χ4n) is 1.05. The quantitative estimate of drug-likeness (QED) is 0.546. The van der Waals surface area contributed by atoms with Crippen molar-refractivity contribution in [3.8, 4) is 0 Å². The summed E-state index contributed by atoms with van der Waals surface area (Å²) in [4.78, 5) is 7.48. The predicted molar refractivity (Wildman–Crippen MR) is 73.3 cm³/mol. The number of hydrogen-bond donors (Lipinski definition) is 3. The van der Waals surface area contributed by atoms with Crippen LogP contribution in [0.4, 0.5) is 5.69 Å². The Morgan fingerprint density at radius 1 is 1.12 bits per heavy atom. The van der Waals surface area contributed by atoms with Crippen molar-refractivity contribution in [1.82, 2.24) is 0 Å². The van der Waals surface area contributed by atoms with Crippen molar-refractivity contribution in [1.29, 1.82) is 0 Å². The molecule has 0 radical (unpaired) electrons. The van der Waals surface area contributed by atoms with E-state index in [0.717, 1.165) is 0 Å². The molecule has 0 aliphatic heterocycles. The van der Waals surface area contributed by atoms with Gasteiger partial charge in [-0.05, 0) is 18.6 Å². The van der Waals surface area contributed by atoms with Crippen LogP contribution in [0.5, 0.6) is 0 Å². The first-order valence-corrected chi connectivity index (χ1v) is 5.54. The second kappa shape index (κ2) is 5.44. The van der Waals surface area contributed by atoms with Crippen LogP contribution in [0.1, 0.15) is 5.56 Å². The van der Waals surface area contributed by atoms with E-state index in [9.17, 15) is 0 Å². The third-order valence-electron chi connectivity index (χ3n) is 1.85. The van der Waals surface area contributed by atoms with Crippen LogP contribution in [-0.2, 0) is 0 Å². The molecule has 0 heterocycles. The highest BCUT2D eigenvalue weighted by atomic mass is 35.5. The van der Waals surface area contributed by atoms with Gasteiger partial charge in [-0.3, -0.25) is 0 Å². The highest BCUT2D eigenvalue weighted by molar-refractivity contribution is 6.42. The lowest BCUT2D eigenvalue weighted by molar-refractivity contribution is 1.36. The van der Waals surface area contributed by atoms with E-state index in [4.69, 9.17) is 52.0 Å². The molecule has 0 unspecified atom stereocenters. The van der Waals surface area contributed by atoms with Gasteiger partial charge in [0, 0.05) is 5.02 Å². The Balaban J connectivity index is 3.34. The zero-order valence-corrected chi connectivity index (χ0v) is 11.1. The minimum Gasteiger partial charge on any atom is -0.370 e. The number of nitrogens with two attached hydrogens (primary N) is 3. The maximum Gasteiger partial charge on any atom is 0.223 e. The smallest absolute Gasteiger partial charge is 0.223 e. The van der Waals surface area contributed by atoms with Gasteiger partial charge in [0.15, 0.2) is 5.96 Å². The maximum atomic E-state index is 6.04. The molecule has 8 heteroatoms. The summed E-state index contributed by atoms with van der Waals surface area (Å²) in [5, 5.41) is 1.01. The molecule has 92 valence electrons. The molecule has 1 aromatic carbocycles. The standard InChI is InChI=1S/C9H10Cl3N5/c1-3-4(10)2-5(11)7(6(3)12)16-9(15)17-8(13)14/h2H,1H3,(H6,13,14,15,16,17). The Hall–Kier alpha value is -1.17. The second-order valence-electron chi connectivity index (χ2n) is 3.13. The third-order valence-corrected chi connectivity index (χ3v) is 2.99. The van der Waals surface area contributed by atoms with Gasteiger partial charge in [-0.1, -0.05) is 34.8 Å². The Morgan fingerprint density at radius 2 is 1.71 bits per heavy atom. The molecular formula is C9H10Cl3N5. The van der Waals surface area contributed by atoms with Gasteiger partial charge in [0.1, 0.15) is 5.69 Å². The minimum absolute atomic E-state index is 0.143. The number of hydrogen-bond acceptors (Lipinski definition) is 1. The molecule has 0 aromatic heterocycles. The molecule has 0 aliphatic rings. The van der Waals surface area contributed by atoms with Crippen molar-refractivity contribution >= 4 is 52.4 Å². The molecule has 0 fully saturated rings. The lowest BCUT2D eigenvalue weighted by atomic mass is 10.2. The molecule has 6 N–H and O–H groups in total. The van der Waals surface area contributed by atoms with Crippen LogP contribution in [0.3, 0.4) is 0 Å². The number of halogens is 3. The second-order valence-corrected chi connectivity index (χ2v) is 4.33. The lowest BCUT2D eigenvalue weighted by Gasteiger charge is -2.07. The minimum atomic E-state index is -0.204. The lowest BCUT2D eigenvalue weighted by Crippen LogP contribution is -2.26. The number of nitrogens with zero attached hydrogens (tertiary/aromatic N) is 2. The van der Waals surface area contributed by atoms with Crippen molar-refractivity contribution in [2.24, 2.45) is 27.2 Å². The van der Waals surface area contributed by atoms with Crippen LogP contribution in [0, 0.1) is 6.92 Å². The summed E-state index contributed by atoms with van der Waals surface area (Å²) in [6.45, 7) is 1.73. The van der Waals surface area contributed by atoms with Gasteiger partial charge in [0.2, 0.25) is 5.96 Å². The fraction of sp³-hybridized carbons (Fsp3) is 0.111. The summed E-state index contributed by atoms with van der Waals surface area (Å²) in [5.41, 5.74) is 16.7. The molecule has 17 heavy (non-hydrogen) atoms. The normalized spacial score (nSPS) is 11.4. The molecule has 5 nitrogen and oxygen atoms in total. The maximum absolute atomic E-state index is 6.04. The number of benzene rings is 1. The van der Waals surface area contributed by atoms with E-state index in [0.29, 0.717) is 15.6 Å². The Morgan fingerprint density at radius 3 is 2.24 bits per heavy atom. The molecule has 0 saturated carbocycles. The van der Waals surface area contributed by atoms with Crippen LogP contribution >= 0.6 is 34.8 Å². The molecular weight excluding hydrogens is 284 g/mol. The number of guanidine groups is 2. The molecule has 1 aromatic rings. The molecule has 0 saturated heterocycles. The van der Waals surface area contributed by atoms with Gasteiger partial charge in [-0.15, -0.1) is 0 Å². The largest absolute Gasteiger partial charge is 0.370 e. The van der Waals surface area contributed by atoms with Crippen molar-refractivity contribution in [2.45, 2.75) is 6.92 Å². The highest BCUT2D eigenvalue weighted by Crippen LogP contribution is 2.39. The molecule has 0 spiro atoms. The van der Waals surface area contributed by atoms with Gasteiger partial charge in [-0.2, -0.15) is 4.99 Å². The van der Waals surface area contributed by atoms with Crippen LogP contribution < -0.4 is 17.2 Å². The highest BCUT2D eigenvalue weighted by Gasteiger charge is 2.12. The number of rotatable bonds is 1. The first kappa shape index (κ1) is 13.9. The Kier molecular flexibility index (Phi) is 4.45. The summed E-state index contributed by atoms with van der Waals surface area (Å²) in [5.74, 6) is -0.347. The first-order valence-electron chi connectivity index (χ1n) is 4.40. The van der Waals surface area contributed by atoms with Crippen molar-refractivity contribution < 1.29 is 0 Å². The average molecular weight is 295 g/mol. The molecule has 0 bridgehead atoms. The van der Waals surface area contributed by atoms with Crippen LogP contribution in [0.25, 0.3) is 0 Å². The zero-order chi connectivity index (χ0) is 13.2. The Labute approximate surface area is 113 Å². The monoisotopic (exact) mass is 293 g/mol. The summed E-state index contributed by atoms with van der Waals surface area (Å²) >= 11 is 17.9. The van der Waals surface area contributed by atoms with Crippen molar-refractivity contribution in [2.75, 3.05) is 0 Å². The van der Waals surface area contributed by atoms with Gasteiger partial charge in [-0.25, -0.2) is 4.99 Å². The van der Waals surface area contributed by atoms with Crippen LogP contribution in [-0.4, -0.2) is 11.9 Å². The fourth-order valence-corrected chi connectivity index (χ4v) is 1.90. The van der Waals surface area contributed by atoms with E-state index in [2.05, 4.69) is 9.98 Å². The topological polar surface area (TPSA) is 103 Å². The SMILES string of the molecule is Cc1c(Cl)cc(Cl)c(N=C(N)N=C(N)N)c1Cl. The molecule has 0 aliphatic carbocycles. The van der Waals surface area contributed by atoms with Crippen molar-refractivity contribution in [3.05, 3.63) is 26.7 Å². The van der Waals surface area contributed by atoms with Crippen LogP contribution in [0.15, 0.2) is 16.1 Å². The van der Waals surface area contributed by atoms with Gasteiger partial charge < -0.3 is 17.2 Å². The molecule has 1 rings (SSSR count). The van der Waals surface area contributed by atoms with E-state index in [1.807, 2.05) is 0 Å². The van der Waals surface area contributed by atoms with Crippen LogP contribution in [0.2, 0.25) is 15.1 Å². The zero-order valence-electron chi connectivity index (χ0n) is 8.84.